The van der Waals surface area contributed by atoms with Gasteiger partial charge in [0.2, 0.25) is 0 Å². The number of nitrogens with one attached hydrogen (secondary N) is 1. The largest absolute Gasteiger partial charge is 0.389 e. The molecule has 2 rings (SSSR count). The lowest BCUT2D eigenvalue weighted by molar-refractivity contribution is -0.135. The molecule has 0 aliphatic rings. The van der Waals surface area contributed by atoms with E-state index in [4.69, 9.17) is 0 Å². The van der Waals surface area contributed by atoms with Crippen LogP contribution in [0.5, 0.6) is 0 Å². The van der Waals surface area contributed by atoms with Gasteiger partial charge in [0.1, 0.15) is 0 Å². The van der Waals surface area contributed by atoms with Gasteiger partial charge in [-0.05, 0) is 37.3 Å². The van der Waals surface area contributed by atoms with Crippen molar-refractivity contribution in [3.05, 3.63) is 40.9 Å². The third kappa shape index (κ3) is 4.63. The van der Waals surface area contributed by atoms with Crippen molar-refractivity contribution in [2.75, 3.05) is 5.32 Å². The highest BCUT2D eigenvalue weighted by molar-refractivity contribution is 9.10. The first kappa shape index (κ1) is 16.1. The first-order valence-corrected chi connectivity index (χ1v) is 7.66. The molecular weight excluding hydrogens is 343 g/mol. The molecule has 0 radical (unpaired) electrons. The van der Waals surface area contributed by atoms with E-state index in [9.17, 15) is 13.2 Å². The van der Waals surface area contributed by atoms with Crippen molar-refractivity contribution in [3.8, 4) is 0 Å². The number of hydrogen-bond acceptors (Lipinski definition) is 1. The smallest absolute Gasteiger partial charge is 0.382 e. The number of anilines is 1. The summed E-state index contributed by atoms with van der Waals surface area (Å²) in [6.45, 7) is 1.91. The molecule has 21 heavy (non-hydrogen) atoms. The van der Waals surface area contributed by atoms with E-state index >= 15 is 0 Å². The van der Waals surface area contributed by atoms with Gasteiger partial charge in [0.05, 0.1) is 0 Å². The van der Waals surface area contributed by atoms with Crippen LogP contribution in [0.3, 0.4) is 0 Å². The van der Waals surface area contributed by atoms with E-state index in [0.29, 0.717) is 6.42 Å². The lowest BCUT2D eigenvalue weighted by Crippen LogP contribution is -2.17. The molecule has 0 aromatic heterocycles. The Balaban J connectivity index is 2.04. The summed E-state index contributed by atoms with van der Waals surface area (Å²) in [6.07, 6.45) is -4.15. The van der Waals surface area contributed by atoms with Gasteiger partial charge in [-0.25, -0.2) is 0 Å². The molecule has 0 amide bonds. The van der Waals surface area contributed by atoms with Gasteiger partial charge in [-0.2, -0.15) is 13.2 Å². The van der Waals surface area contributed by atoms with Crippen LogP contribution in [-0.4, -0.2) is 12.2 Å². The summed E-state index contributed by atoms with van der Waals surface area (Å²) in [5, 5.41) is 5.46. The Morgan fingerprint density at radius 2 is 1.76 bits per heavy atom. The second-order valence-corrected chi connectivity index (χ2v) is 6.05. The van der Waals surface area contributed by atoms with Gasteiger partial charge in [0.25, 0.3) is 0 Å². The quantitative estimate of drug-likeness (QED) is 0.676. The van der Waals surface area contributed by atoms with Crippen molar-refractivity contribution < 1.29 is 13.2 Å². The number of halogens is 4. The Bertz CT molecular complexity index is 610. The minimum Gasteiger partial charge on any atom is -0.382 e. The lowest BCUT2D eigenvalue weighted by atomic mass is 10.1. The monoisotopic (exact) mass is 359 g/mol. The highest BCUT2D eigenvalue weighted by Crippen LogP contribution is 2.31. The average Bonchev–Trinajstić information content (AvgIpc) is 2.41. The van der Waals surface area contributed by atoms with Crippen molar-refractivity contribution in [2.24, 2.45) is 0 Å². The van der Waals surface area contributed by atoms with Gasteiger partial charge in [-0.1, -0.05) is 40.2 Å². The summed E-state index contributed by atoms with van der Waals surface area (Å²) in [6, 6.07) is 11.8. The average molecular weight is 360 g/mol. The van der Waals surface area contributed by atoms with Crippen LogP contribution in [0.2, 0.25) is 0 Å². The Morgan fingerprint density at radius 3 is 2.43 bits per heavy atom. The fourth-order valence-corrected chi connectivity index (χ4v) is 2.81. The molecule has 5 heteroatoms. The summed E-state index contributed by atoms with van der Waals surface area (Å²) >= 11 is 3.51. The molecule has 0 spiro atoms. The maximum absolute atomic E-state index is 12.2. The van der Waals surface area contributed by atoms with Gasteiger partial charge in [-0.3, -0.25) is 0 Å². The summed E-state index contributed by atoms with van der Waals surface area (Å²) < 4.78 is 37.5. The molecule has 0 saturated heterocycles. The van der Waals surface area contributed by atoms with Crippen molar-refractivity contribution in [1.29, 1.82) is 0 Å². The zero-order valence-corrected chi connectivity index (χ0v) is 13.3. The maximum Gasteiger partial charge on any atom is 0.389 e. The Labute approximate surface area is 130 Å². The first-order valence-electron chi connectivity index (χ1n) is 6.87. The zero-order chi connectivity index (χ0) is 15.5. The molecule has 1 N–H and O–H groups in total. The Hall–Kier alpha value is -1.23. The predicted molar refractivity (Wildman–Crippen MR) is 84.6 cm³/mol. The van der Waals surface area contributed by atoms with E-state index in [1.54, 1.807) is 0 Å². The summed E-state index contributed by atoms with van der Waals surface area (Å²) in [5.41, 5.74) is 0.952. The molecule has 114 valence electrons. The summed E-state index contributed by atoms with van der Waals surface area (Å²) in [7, 11) is 0. The van der Waals surface area contributed by atoms with Crippen LogP contribution in [0.1, 0.15) is 26.2 Å². The molecule has 2 aromatic carbocycles. The molecule has 2 aromatic rings. The molecular formula is C16H17BrF3N. The van der Waals surface area contributed by atoms with E-state index < -0.39 is 12.6 Å². The first-order chi connectivity index (χ1) is 9.87. The third-order valence-electron chi connectivity index (χ3n) is 3.37. The second kappa shape index (κ2) is 6.69. The minimum atomic E-state index is -4.07. The summed E-state index contributed by atoms with van der Waals surface area (Å²) in [5.74, 6) is 0. The predicted octanol–water partition coefficient (Wildman–Crippen LogP) is 6.14. The fraction of sp³-hybridized carbons (Fsp3) is 0.375. The van der Waals surface area contributed by atoms with E-state index in [-0.39, 0.29) is 12.5 Å². The van der Waals surface area contributed by atoms with Gasteiger partial charge in [0.15, 0.2) is 0 Å². The molecule has 0 saturated carbocycles. The number of fused-ring (bicyclic) bond motifs is 1. The summed E-state index contributed by atoms with van der Waals surface area (Å²) in [4.78, 5) is 0. The lowest BCUT2D eigenvalue weighted by Gasteiger charge is -2.18. The molecule has 0 fully saturated rings. The molecule has 0 heterocycles. The van der Waals surface area contributed by atoms with Crippen molar-refractivity contribution in [1.82, 2.24) is 0 Å². The molecule has 0 aliphatic carbocycles. The molecule has 0 bridgehead atoms. The van der Waals surface area contributed by atoms with Crippen LogP contribution < -0.4 is 5.32 Å². The maximum atomic E-state index is 12.2. The van der Waals surface area contributed by atoms with E-state index in [1.807, 2.05) is 43.3 Å². The van der Waals surface area contributed by atoms with Crippen LogP contribution >= 0.6 is 15.9 Å². The van der Waals surface area contributed by atoms with Crippen LogP contribution in [0.4, 0.5) is 18.9 Å². The topological polar surface area (TPSA) is 12.0 Å². The van der Waals surface area contributed by atoms with Crippen LogP contribution in [-0.2, 0) is 0 Å². The van der Waals surface area contributed by atoms with Gasteiger partial charge < -0.3 is 5.32 Å². The van der Waals surface area contributed by atoms with Crippen molar-refractivity contribution in [2.45, 2.75) is 38.4 Å². The third-order valence-corrected chi connectivity index (χ3v) is 4.06. The Kier molecular flexibility index (Phi) is 5.14. The SMILES string of the molecule is CC(CCCC(F)(F)F)Nc1ccc(Br)c2ccccc12. The molecule has 1 atom stereocenters. The fourth-order valence-electron chi connectivity index (χ4n) is 2.33. The normalized spacial score (nSPS) is 13.4. The van der Waals surface area contributed by atoms with Crippen LogP contribution in [0, 0.1) is 0 Å². The van der Waals surface area contributed by atoms with Crippen LogP contribution in [0.25, 0.3) is 10.8 Å². The highest BCUT2D eigenvalue weighted by atomic mass is 79.9. The van der Waals surface area contributed by atoms with E-state index in [0.717, 1.165) is 20.9 Å². The molecule has 1 unspecified atom stereocenters. The second-order valence-electron chi connectivity index (χ2n) is 5.19. The van der Waals surface area contributed by atoms with E-state index in [1.165, 1.54) is 0 Å². The zero-order valence-electron chi connectivity index (χ0n) is 11.7. The van der Waals surface area contributed by atoms with Gasteiger partial charge in [0, 0.05) is 28.0 Å². The number of benzene rings is 2. The highest BCUT2D eigenvalue weighted by Gasteiger charge is 2.26. The van der Waals surface area contributed by atoms with Crippen molar-refractivity contribution in [3.63, 3.8) is 0 Å². The van der Waals surface area contributed by atoms with Gasteiger partial charge >= 0.3 is 6.18 Å². The number of alkyl halides is 3. The molecule has 1 nitrogen and oxygen atoms in total. The van der Waals surface area contributed by atoms with E-state index in [2.05, 4.69) is 21.2 Å². The minimum absolute atomic E-state index is 0.00284. The molecule has 0 aliphatic heterocycles. The van der Waals surface area contributed by atoms with Gasteiger partial charge in [-0.15, -0.1) is 0 Å². The number of hydrogen-bond donors (Lipinski definition) is 1. The van der Waals surface area contributed by atoms with Crippen molar-refractivity contribution >= 4 is 32.4 Å². The standard InChI is InChI=1S/C16H17BrF3N/c1-11(5-4-10-16(18,19)20)21-15-9-8-14(17)12-6-2-3-7-13(12)15/h2-3,6-9,11,21H,4-5,10H2,1H3. The Morgan fingerprint density at radius 1 is 1.10 bits per heavy atom. The van der Waals surface area contributed by atoms with Crippen LogP contribution in [0.15, 0.2) is 40.9 Å². The number of rotatable bonds is 5.